The number of aromatic nitrogens is 1. The van der Waals surface area contributed by atoms with E-state index in [1.807, 2.05) is 0 Å². The van der Waals surface area contributed by atoms with Crippen LogP contribution in [-0.4, -0.2) is 51.5 Å². The molecule has 1 saturated carbocycles. The lowest BCUT2D eigenvalue weighted by Crippen LogP contribution is -2.40. The highest BCUT2D eigenvalue weighted by Gasteiger charge is 2.29. The van der Waals surface area contributed by atoms with Crippen LogP contribution in [0.15, 0.2) is 29.3 Å². The third-order valence-corrected chi connectivity index (χ3v) is 8.33. The van der Waals surface area contributed by atoms with E-state index in [1.54, 1.807) is 52.3 Å². The van der Waals surface area contributed by atoms with Crippen LogP contribution in [0.25, 0.3) is 10.4 Å². The van der Waals surface area contributed by atoms with Crippen LogP contribution in [0.2, 0.25) is 0 Å². The molecule has 0 bridgehead atoms. The molecule has 0 radical (unpaired) electrons. The highest BCUT2D eigenvalue weighted by molar-refractivity contribution is 7.89. The van der Waals surface area contributed by atoms with E-state index < -0.39 is 21.7 Å². The summed E-state index contributed by atoms with van der Waals surface area (Å²) in [5.41, 5.74) is 5.06. The number of primary amides is 1. The van der Waals surface area contributed by atoms with E-state index in [-0.39, 0.29) is 16.9 Å². The molecule has 0 spiro atoms. The maximum Gasteiger partial charge on any atom is 0.404 e. The Balaban J connectivity index is 1.87. The summed E-state index contributed by atoms with van der Waals surface area (Å²) in [4.78, 5) is 16.5. The van der Waals surface area contributed by atoms with E-state index in [2.05, 4.69) is 9.71 Å². The van der Waals surface area contributed by atoms with Crippen LogP contribution in [0.3, 0.4) is 0 Å². The molecule has 34 heavy (non-hydrogen) atoms. The lowest BCUT2D eigenvalue weighted by atomic mass is 9.88. The van der Waals surface area contributed by atoms with Crippen LogP contribution in [-0.2, 0) is 19.5 Å². The first kappa shape index (κ1) is 26.4. The van der Waals surface area contributed by atoms with Gasteiger partial charge in [-0.3, -0.25) is 0 Å². The number of thiazole rings is 1. The molecule has 3 rings (SSSR count). The van der Waals surface area contributed by atoms with Crippen LogP contribution in [0.1, 0.15) is 57.4 Å². The third kappa shape index (κ3) is 7.14. The molecule has 3 N–H and O–H groups in total. The number of amides is 1. The van der Waals surface area contributed by atoms with Gasteiger partial charge >= 0.3 is 6.09 Å². The lowest BCUT2D eigenvalue weighted by Gasteiger charge is -2.26. The molecule has 1 fully saturated rings. The number of nitrogens with two attached hydrogens (primary N) is 1. The second-order valence-corrected chi connectivity index (χ2v) is 12.0. The maximum atomic E-state index is 13.3. The van der Waals surface area contributed by atoms with Crippen molar-refractivity contribution in [3.63, 3.8) is 0 Å². The monoisotopic (exact) mass is 511 g/mol. The number of hydrogen-bond donors (Lipinski definition) is 2. The Morgan fingerprint density at radius 2 is 1.91 bits per heavy atom. The summed E-state index contributed by atoms with van der Waals surface area (Å²) in [6, 6.07) is 5.06. The molecule has 1 heterocycles. The van der Waals surface area contributed by atoms with Gasteiger partial charge in [0.25, 0.3) is 0 Å². The highest BCUT2D eigenvalue weighted by atomic mass is 32.2. The number of nitrogens with one attached hydrogen (secondary N) is 1. The molecule has 1 aromatic heterocycles. The van der Waals surface area contributed by atoms with E-state index in [0.717, 1.165) is 35.6 Å². The molecule has 1 amide bonds. The van der Waals surface area contributed by atoms with Gasteiger partial charge in [-0.2, -0.15) is 0 Å². The number of nitrogens with zero attached hydrogens (tertiary/aromatic N) is 1. The zero-order valence-electron chi connectivity index (χ0n) is 20.0. The highest BCUT2D eigenvalue weighted by Crippen LogP contribution is 2.40. The van der Waals surface area contributed by atoms with Crippen LogP contribution < -0.4 is 15.2 Å². The molecule has 188 valence electrons. The number of carbonyl (C=O) groups is 1. The van der Waals surface area contributed by atoms with Gasteiger partial charge in [0.05, 0.1) is 21.4 Å². The van der Waals surface area contributed by atoms with Crippen molar-refractivity contribution in [1.82, 2.24) is 9.71 Å². The Morgan fingerprint density at radius 1 is 1.21 bits per heavy atom. The van der Waals surface area contributed by atoms with Gasteiger partial charge in [-0.05, 0) is 58.6 Å². The quantitative estimate of drug-likeness (QED) is 0.486. The zero-order valence-corrected chi connectivity index (χ0v) is 21.6. The van der Waals surface area contributed by atoms with Crippen molar-refractivity contribution in [2.45, 2.75) is 68.9 Å². The van der Waals surface area contributed by atoms with E-state index >= 15 is 0 Å². The molecule has 11 heteroatoms. The average Bonchev–Trinajstić information content (AvgIpc) is 3.22. The van der Waals surface area contributed by atoms with E-state index in [9.17, 15) is 13.2 Å². The van der Waals surface area contributed by atoms with Crippen molar-refractivity contribution in [3.8, 4) is 16.2 Å². The fraction of sp³-hybridized carbons (Fsp3) is 0.565. The van der Waals surface area contributed by atoms with E-state index in [4.69, 9.17) is 19.9 Å². The molecule has 2 aromatic rings. The standard InChI is InChI=1S/C23H33N3O6S2/c1-23(2,3)26-34(28,29)20-13-17(31-12-11-30-4)9-10-18(20)19-14-25-21(33-19)15-5-7-16(8-6-15)32-22(24)27/h9-10,13-16,26H,5-8,11-12H2,1-4H3,(H2,24,27)/t15-,16-. The fourth-order valence-corrected chi connectivity index (χ4v) is 6.76. The van der Waals surface area contributed by atoms with Gasteiger partial charge in [-0.1, -0.05) is 0 Å². The Labute approximate surface area is 205 Å². The van der Waals surface area contributed by atoms with Gasteiger partial charge in [0.15, 0.2) is 0 Å². The number of hydrogen-bond acceptors (Lipinski definition) is 8. The van der Waals surface area contributed by atoms with Gasteiger partial charge in [-0.25, -0.2) is 22.9 Å². The van der Waals surface area contributed by atoms with Crippen molar-refractivity contribution in [2.75, 3.05) is 20.3 Å². The molecule has 9 nitrogen and oxygen atoms in total. The number of methoxy groups -OCH3 is 1. The van der Waals surface area contributed by atoms with E-state index in [1.165, 1.54) is 11.3 Å². The molecular weight excluding hydrogens is 478 g/mol. The number of ether oxygens (including phenoxy) is 3. The van der Waals surface area contributed by atoms with E-state index in [0.29, 0.717) is 24.5 Å². The van der Waals surface area contributed by atoms with Gasteiger partial charge in [0, 0.05) is 36.4 Å². The zero-order chi connectivity index (χ0) is 24.9. The minimum absolute atomic E-state index is 0.145. The van der Waals surface area contributed by atoms with Crippen LogP contribution in [0, 0.1) is 0 Å². The fourth-order valence-electron chi connectivity index (χ4n) is 3.91. The predicted molar refractivity (Wildman–Crippen MR) is 131 cm³/mol. The van der Waals surface area contributed by atoms with Crippen LogP contribution >= 0.6 is 11.3 Å². The summed E-state index contributed by atoms with van der Waals surface area (Å²) in [7, 11) is -2.25. The van der Waals surface area contributed by atoms with Crippen molar-refractivity contribution in [2.24, 2.45) is 5.73 Å². The normalized spacial score (nSPS) is 19.1. The second kappa shape index (κ2) is 11.0. The van der Waals surface area contributed by atoms with Crippen molar-refractivity contribution in [1.29, 1.82) is 0 Å². The summed E-state index contributed by atoms with van der Waals surface area (Å²) in [6.07, 6.45) is 3.94. The van der Waals surface area contributed by atoms with Crippen molar-refractivity contribution >= 4 is 27.5 Å². The van der Waals surface area contributed by atoms with Gasteiger partial charge < -0.3 is 19.9 Å². The first-order chi connectivity index (χ1) is 16.0. The Morgan fingerprint density at radius 3 is 2.53 bits per heavy atom. The predicted octanol–water partition coefficient (Wildman–Crippen LogP) is 4.03. The molecule has 0 aliphatic heterocycles. The average molecular weight is 512 g/mol. The largest absolute Gasteiger partial charge is 0.491 e. The molecule has 1 aliphatic carbocycles. The van der Waals surface area contributed by atoms with Gasteiger partial charge in [0.2, 0.25) is 10.0 Å². The SMILES string of the molecule is COCCOc1ccc(-c2cnc([C@H]3CC[C@H](OC(N)=O)CC3)s2)c(S(=O)(=O)NC(C)(C)C)c1. The minimum atomic E-state index is -3.83. The molecule has 1 aromatic carbocycles. The summed E-state index contributed by atoms with van der Waals surface area (Å²) in [5, 5.41) is 0.945. The Bertz CT molecular complexity index is 1090. The van der Waals surface area contributed by atoms with Crippen molar-refractivity contribution < 1.29 is 27.4 Å². The number of carbonyl (C=O) groups excluding carboxylic acids is 1. The van der Waals surface area contributed by atoms with Gasteiger partial charge in [0.1, 0.15) is 18.5 Å². The summed E-state index contributed by atoms with van der Waals surface area (Å²) in [6.45, 7) is 6.11. The first-order valence-electron chi connectivity index (χ1n) is 11.2. The topological polar surface area (TPSA) is 130 Å². The molecule has 0 atom stereocenters. The maximum absolute atomic E-state index is 13.3. The first-order valence-corrected chi connectivity index (χ1v) is 13.5. The summed E-state index contributed by atoms with van der Waals surface area (Å²) >= 11 is 1.49. The summed E-state index contributed by atoms with van der Waals surface area (Å²) < 4.78 is 45.1. The third-order valence-electron chi connectivity index (χ3n) is 5.33. The smallest absolute Gasteiger partial charge is 0.404 e. The van der Waals surface area contributed by atoms with Gasteiger partial charge in [-0.15, -0.1) is 11.3 Å². The Kier molecular flexibility index (Phi) is 8.56. The number of rotatable bonds is 9. The molecule has 0 saturated heterocycles. The molecule has 0 unspecified atom stereocenters. The minimum Gasteiger partial charge on any atom is -0.491 e. The second-order valence-electron chi connectivity index (χ2n) is 9.33. The van der Waals surface area contributed by atoms with Crippen LogP contribution in [0.5, 0.6) is 5.75 Å². The van der Waals surface area contributed by atoms with Crippen molar-refractivity contribution in [3.05, 3.63) is 29.4 Å². The molecule has 1 aliphatic rings. The van der Waals surface area contributed by atoms with Crippen LogP contribution in [0.4, 0.5) is 4.79 Å². The summed E-state index contributed by atoms with van der Waals surface area (Å²) in [5.74, 6) is 0.684. The number of sulfonamides is 1. The lowest BCUT2D eigenvalue weighted by molar-refractivity contribution is 0.0787. The molecular formula is C23H33N3O6S2. The number of benzene rings is 1. The Hall–Kier alpha value is -2.21.